The predicted molar refractivity (Wildman–Crippen MR) is 125 cm³/mol. The number of benzene rings is 5. The van der Waals surface area contributed by atoms with Gasteiger partial charge in [0.2, 0.25) is 0 Å². The second kappa shape index (κ2) is 7.58. The van der Waals surface area contributed by atoms with Gasteiger partial charge in [-0.1, -0.05) is 96.5 Å². The van der Waals surface area contributed by atoms with Crippen molar-refractivity contribution in [1.82, 2.24) is 0 Å². The summed E-state index contributed by atoms with van der Waals surface area (Å²) in [6.45, 7) is 0. The zero-order valence-corrected chi connectivity index (χ0v) is 16.6. The highest BCUT2D eigenvalue weighted by molar-refractivity contribution is 6.30. The van der Waals surface area contributed by atoms with Crippen molar-refractivity contribution in [1.29, 1.82) is 0 Å². The molecule has 0 nitrogen and oxygen atoms in total. The Bertz CT molecular complexity index is 1280. The maximum atomic E-state index is 6.12. The third-order valence-corrected chi connectivity index (χ3v) is 5.57. The Morgan fingerprint density at radius 1 is 0.414 bits per heavy atom. The highest BCUT2D eigenvalue weighted by atomic mass is 35.5. The zero-order valence-electron chi connectivity index (χ0n) is 15.8. The quantitative estimate of drug-likeness (QED) is 0.289. The monoisotopic (exact) mass is 390 g/mol. The normalized spacial score (nSPS) is 10.9. The SMILES string of the molecule is Clc1ccc(-c2cc(-c3ccccc3)cc(-c3cccc4ccccc34)c2)cc1. The molecule has 0 heterocycles. The average molecular weight is 391 g/mol. The summed E-state index contributed by atoms with van der Waals surface area (Å²) in [7, 11) is 0. The second-order valence-corrected chi connectivity index (χ2v) is 7.64. The molecular formula is C28H19Cl. The van der Waals surface area contributed by atoms with E-state index in [0.29, 0.717) is 0 Å². The van der Waals surface area contributed by atoms with Gasteiger partial charge in [-0.25, -0.2) is 0 Å². The van der Waals surface area contributed by atoms with E-state index in [0.717, 1.165) is 10.6 Å². The summed E-state index contributed by atoms with van der Waals surface area (Å²) in [6, 6.07) is 40.5. The first-order valence-electron chi connectivity index (χ1n) is 9.72. The Balaban J connectivity index is 1.76. The molecule has 0 bridgehead atoms. The molecule has 5 aromatic carbocycles. The van der Waals surface area contributed by atoms with E-state index in [-0.39, 0.29) is 0 Å². The Kier molecular flexibility index (Phi) is 4.63. The molecule has 0 saturated carbocycles. The van der Waals surface area contributed by atoms with E-state index in [1.165, 1.54) is 38.6 Å². The molecule has 29 heavy (non-hydrogen) atoms. The minimum absolute atomic E-state index is 0.752. The number of fused-ring (bicyclic) bond motifs is 1. The standard InChI is InChI=1S/C28H19Cl/c29-26-15-13-21(14-16-26)24-17-23(20-7-2-1-3-8-20)18-25(19-24)28-12-6-10-22-9-4-5-11-27(22)28/h1-19H. The molecule has 138 valence electrons. The minimum atomic E-state index is 0.752. The van der Waals surface area contributed by atoms with Crippen LogP contribution in [0.15, 0.2) is 115 Å². The van der Waals surface area contributed by atoms with Crippen molar-refractivity contribution in [3.8, 4) is 33.4 Å². The Morgan fingerprint density at radius 3 is 1.76 bits per heavy atom. The van der Waals surface area contributed by atoms with Crippen molar-refractivity contribution in [3.63, 3.8) is 0 Å². The van der Waals surface area contributed by atoms with Crippen LogP contribution >= 0.6 is 11.6 Å². The highest BCUT2D eigenvalue weighted by Gasteiger charge is 2.09. The average Bonchev–Trinajstić information content (AvgIpc) is 2.79. The van der Waals surface area contributed by atoms with Gasteiger partial charge in [0.15, 0.2) is 0 Å². The van der Waals surface area contributed by atoms with E-state index < -0.39 is 0 Å². The third kappa shape index (κ3) is 3.55. The molecule has 0 unspecified atom stereocenters. The van der Waals surface area contributed by atoms with Crippen molar-refractivity contribution >= 4 is 22.4 Å². The van der Waals surface area contributed by atoms with Gasteiger partial charge in [-0.15, -0.1) is 0 Å². The molecule has 5 aromatic rings. The maximum Gasteiger partial charge on any atom is 0.0406 e. The Hall–Kier alpha value is -3.35. The second-order valence-electron chi connectivity index (χ2n) is 7.20. The fourth-order valence-electron chi connectivity index (χ4n) is 3.87. The molecule has 0 aliphatic carbocycles. The van der Waals surface area contributed by atoms with Crippen molar-refractivity contribution in [2.75, 3.05) is 0 Å². The lowest BCUT2D eigenvalue weighted by Crippen LogP contribution is -1.87. The van der Waals surface area contributed by atoms with E-state index in [4.69, 9.17) is 11.6 Å². The van der Waals surface area contributed by atoms with E-state index >= 15 is 0 Å². The lowest BCUT2D eigenvalue weighted by molar-refractivity contribution is 1.57. The van der Waals surface area contributed by atoms with Gasteiger partial charge in [0.05, 0.1) is 0 Å². The zero-order chi connectivity index (χ0) is 19.6. The van der Waals surface area contributed by atoms with Crippen LogP contribution in [0.25, 0.3) is 44.2 Å². The Morgan fingerprint density at radius 2 is 1.00 bits per heavy atom. The molecule has 0 aliphatic rings. The fourth-order valence-corrected chi connectivity index (χ4v) is 3.99. The molecule has 0 atom stereocenters. The molecule has 0 aliphatic heterocycles. The summed E-state index contributed by atoms with van der Waals surface area (Å²) >= 11 is 6.12. The summed E-state index contributed by atoms with van der Waals surface area (Å²) in [5.74, 6) is 0. The van der Waals surface area contributed by atoms with Crippen molar-refractivity contribution < 1.29 is 0 Å². The number of hydrogen-bond acceptors (Lipinski definition) is 0. The summed E-state index contributed by atoms with van der Waals surface area (Å²) < 4.78 is 0. The van der Waals surface area contributed by atoms with Crippen LogP contribution in [0.2, 0.25) is 5.02 Å². The van der Waals surface area contributed by atoms with Crippen LogP contribution in [-0.4, -0.2) is 0 Å². The highest BCUT2D eigenvalue weighted by Crippen LogP contribution is 2.36. The largest absolute Gasteiger partial charge is 0.0843 e. The first kappa shape index (κ1) is 17.7. The lowest BCUT2D eigenvalue weighted by Gasteiger charge is -2.13. The molecule has 0 saturated heterocycles. The topological polar surface area (TPSA) is 0 Å². The van der Waals surface area contributed by atoms with E-state index in [1.807, 2.05) is 12.1 Å². The van der Waals surface area contributed by atoms with Gasteiger partial charge in [0.25, 0.3) is 0 Å². The first-order valence-corrected chi connectivity index (χ1v) is 10.1. The summed E-state index contributed by atoms with van der Waals surface area (Å²) in [4.78, 5) is 0. The van der Waals surface area contributed by atoms with Gasteiger partial charge in [-0.3, -0.25) is 0 Å². The lowest BCUT2D eigenvalue weighted by atomic mass is 9.91. The summed E-state index contributed by atoms with van der Waals surface area (Å²) in [6.07, 6.45) is 0. The number of rotatable bonds is 3. The molecular weight excluding hydrogens is 372 g/mol. The molecule has 0 aromatic heterocycles. The summed E-state index contributed by atoms with van der Waals surface area (Å²) in [5, 5.41) is 3.27. The number of hydrogen-bond donors (Lipinski definition) is 0. The molecule has 0 N–H and O–H groups in total. The Labute approximate surface area is 176 Å². The molecule has 5 rings (SSSR count). The molecule has 0 fully saturated rings. The number of halogens is 1. The first-order chi connectivity index (χ1) is 14.3. The van der Waals surface area contributed by atoms with Crippen LogP contribution in [0.4, 0.5) is 0 Å². The van der Waals surface area contributed by atoms with Crippen LogP contribution < -0.4 is 0 Å². The van der Waals surface area contributed by atoms with Crippen LogP contribution in [0.3, 0.4) is 0 Å². The van der Waals surface area contributed by atoms with Crippen molar-refractivity contribution in [2.24, 2.45) is 0 Å². The van der Waals surface area contributed by atoms with Gasteiger partial charge >= 0.3 is 0 Å². The predicted octanol–water partition coefficient (Wildman–Crippen LogP) is 8.49. The van der Waals surface area contributed by atoms with Crippen LogP contribution in [-0.2, 0) is 0 Å². The van der Waals surface area contributed by atoms with Crippen LogP contribution in [0, 0.1) is 0 Å². The smallest absolute Gasteiger partial charge is 0.0406 e. The van der Waals surface area contributed by atoms with Crippen molar-refractivity contribution in [2.45, 2.75) is 0 Å². The molecule has 1 heteroatoms. The molecule has 0 spiro atoms. The maximum absolute atomic E-state index is 6.12. The van der Waals surface area contributed by atoms with Gasteiger partial charge in [-0.2, -0.15) is 0 Å². The van der Waals surface area contributed by atoms with E-state index in [2.05, 4.69) is 103 Å². The van der Waals surface area contributed by atoms with Gasteiger partial charge < -0.3 is 0 Å². The van der Waals surface area contributed by atoms with Gasteiger partial charge in [0, 0.05) is 5.02 Å². The van der Waals surface area contributed by atoms with Crippen LogP contribution in [0.5, 0.6) is 0 Å². The third-order valence-electron chi connectivity index (χ3n) is 5.32. The van der Waals surface area contributed by atoms with Gasteiger partial charge in [-0.05, 0) is 74.5 Å². The van der Waals surface area contributed by atoms with E-state index in [1.54, 1.807) is 0 Å². The minimum Gasteiger partial charge on any atom is -0.0843 e. The summed E-state index contributed by atoms with van der Waals surface area (Å²) in [5.41, 5.74) is 7.23. The van der Waals surface area contributed by atoms with E-state index in [9.17, 15) is 0 Å². The van der Waals surface area contributed by atoms with Crippen LogP contribution in [0.1, 0.15) is 0 Å². The fraction of sp³-hybridized carbons (Fsp3) is 0. The molecule has 0 amide bonds. The van der Waals surface area contributed by atoms with Crippen molar-refractivity contribution in [3.05, 3.63) is 120 Å². The molecule has 0 radical (unpaired) electrons. The van der Waals surface area contributed by atoms with Gasteiger partial charge in [0.1, 0.15) is 0 Å².